The summed E-state index contributed by atoms with van der Waals surface area (Å²) in [6, 6.07) is 9.82. The van der Waals surface area contributed by atoms with Gasteiger partial charge in [-0.1, -0.05) is 24.3 Å². The van der Waals surface area contributed by atoms with Gasteiger partial charge in [-0.2, -0.15) is 10.2 Å². The van der Waals surface area contributed by atoms with Gasteiger partial charge in [0.25, 0.3) is 0 Å². The summed E-state index contributed by atoms with van der Waals surface area (Å²) in [4.78, 5) is 23.4. The Morgan fingerprint density at radius 1 is 1.06 bits per heavy atom. The Labute approximate surface area is 195 Å². The summed E-state index contributed by atoms with van der Waals surface area (Å²) < 4.78 is 35.4. The lowest BCUT2D eigenvalue weighted by Crippen LogP contribution is -2.29. The number of nitrogens with zero attached hydrogens (tertiary/aromatic N) is 2. The standard InChI is InChI=1S/C24H25F2N5O3/c1-24(2,3)34-23(33)30-19-9-8-15(16-10-11-29-31-20(16)13-28-22(27)32)17(21(19)26)12-14-6-4-5-7-18(14)25/h4-11H,12-13H2,1-3H3,(H,30,33)(H3,27,28,32). The highest BCUT2D eigenvalue weighted by molar-refractivity contribution is 5.86. The van der Waals surface area contributed by atoms with Crippen LogP contribution in [0.4, 0.5) is 24.1 Å². The van der Waals surface area contributed by atoms with E-state index >= 15 is 4.39 Å². The van der Waals surface area contributed by atoms with Crippen molar-refractivity contribution >= 4 is 17.8 Å². The van der Waals surface area contributed by atoms with Crippen molar-refractivity contribution in [3.8, 4) is 11.1 Å². The van der Waals surface area contributed by atoms with Gasteiger partial charge >= 0.3 is 12.1 Å². The monoisotopic (exact) mass is 469 g/mol. The number of amides is 3. The largest absolute Gasteiger partial charge is 0.444 e. The zero-order valence-corrected chi connectivity index (χ0v) is 19.0. The van der Waals surface area contributed by atoms with Gasteiger partial charge in [-0.25, -0.2) is 18.4 Å². The Hall–Kier alpha value is -4.08. The molecule has 4 N–H and O–H groups in total. The predicted octanol–water partition coefficient (Wildman–Crippen LogP) is 4.53. The van der Waals surface area contributed by atoms with Gasteiger partial charge in [-0.15, -0.1) is 0 Å². The molecule has 0 aliphatic heterocycles. The van der Waals surface area contributed by atoms with Crippen LogP contribution < -0.4 is 16.4 Å². The molecule has 0 aliphatic carbocycles. The first kappa shape index (κ1) is 24.6. The first-order valence-electron chi connectivity index (χ1n) is 10.4. The second-order valence-corrected chi connectivity index (χ2v) is 8.46. The summed E-state index contributed by atoms with van der Waals surface area (Å²) in [6.45, 7) is 5.02. The van der Waals surface area contributed by atoms with Crippen LogP contribution in [0.1, 0.15) is 37.6 Å². The highest BCUT2D eigenvalue weighted by Gasteiger charge is 2.22. The maximum atomic E-state index is 15.8. The Morgan fingerprint density at radius 2 is 1.79 bits per heavy atom. The number of benzene rings is 2. The van der Waals surface area contributed by atoms with Gasteiger partial charge < -0.3 is 15.8 Å². The van der Waals surface area contributed by atoms with Crippen molar-refractivity contribution in [3.63, 3.8) is 0 Å². The zero-order valence-electron chi connectivity index (χ0n) is 19.0. The van der Waals surface area contributed by atoms with Crippen LogP contribution >= 0.6 is 0 Å². The third-order valence-corrected chi connectivity index (χ3v) is 4.72. The Morgan fingerprint density at radius 3 is 2.47 bits per heavy atom. The average Bonchev–Trinajstić information content (AvgIpc) is 2.75. The van der Waals surface area contributed by atoms with Crippen LogP contribution in [0.5, 0.6) is 0 Å². The second-order valence-electron chi connectivity index (χ2n) is 8.46. The summed E-state index contributed by atoms with van der Waals surface area (Å²) in [6.07, 6.45) is 0.483. The molecule has 0 aliphatic rings. The van der Waals surface area contributed by atoms with Gasteiger partial charge in [0.2, 0.25) is 0 Å². The second kappa shape index (κ2) is 10.2. The topological polar surface area (TPSA) is 119 Å². The highest BCUT2D eigenvalue weighted by atomic mass is 19.1. The van der Waals surface area contributed by atoms with Crippen LogP contribution in [0.15, 0.2) is 48.7 Å². The van der Waals surface area contributed by atoms with Crippen LogP contribution in [-0.2, 0) is 17.7 Å². The summed E-state index contributed by atoms with van der Waals surface area (Å²) in [5, 5.41) is 12.7. The van der Waals surface area contributed by atoms with Crippen molar-refractivity contribution in [1.29, 1.82) is 0 Å². The number of rotatable bonds is 6. The van der Waals surface area contributed by atoms with E-state index in [4.69, 9.17) is 10.5 Å². The number of primary amides is 1. The van der Waals surface area contributed by atoms with E-state index in [0.29, 0.717) is 16.8 Å². The molecule has 0 saturated carbocycles. The van der Waals surface area contributed by atoms with Crippen molar-refractivity contribution < 1.29 is 23.1 Å². The third-order valence-electron chi connectivity index (χ3n) is 4.72. The normalized spacial score (nSPS) is 11.1. The van der Waals surface area contributed by atoms with Gasteiger partial charge in [0.15, 0.2) is 5.82 Å². The summed E-state index contributed by atoms with van der Waals surface area (Å²) in [7, 11) is 0. The molecule has 0 spiro atoms. The number of nitrogens with two attached hydrogens (primary N) is 1. The van der Waals surface area contributed by atoms with E-state index in [1.54, 1.807) is 45.0 Å². The number of halogens is 2. The van der Waals surface area contributed by atoms with E-state index in [9.17, 15) is 14.0 Å². The minimum absolute atomic E-state index is 0.0445. The maximum Gasteiger partial charge on any atom is 0.412 e. The van der Waals surface area contributed by atoms with Crippen LogP contribution in [-0.4, -0.2) is 27.9 Å². The number of hydrogen-bond donors (Lipinski definition) is 3. The van der Waals surface area contributed by atoms with Crippen LogP contribution in [0, 0.1) is 11.6 Å². The van der Waals surface area contributed by atoms with Crippen molar-refractivity contribution in [2.75, 3.05) is 5.32 Å². The highest BCUT2D eigenvalue weighted by Crippen LogP contribution is 2.33. The fraction of sp³-hybridized carbons (Fsp3) is 0.250. The van der Waals surface area contributed by atoms with Gasteiger partial charge in [0, 0.05) is 17.5 Å². The molecule has 3 amide bonds. The van der Waals surface area contributed by atoms with Crippen LogP contribution in [0.3, 0.4) is 0 Å². The Bertz CT molecular complexity index is 1210. The van der Waals surface area contributed by atoms with E-state index < -0.39 is 29.4 Å². The SMILES string of the molecule is CC(C)(C)OC(=O)Nc1ccc(-c2ccnnc2CNC(N)=O)c(Cc2ccccc2F)c1F. The quantitative estimate of drug-likeness (QED) is 0.490. The number of hydrogen-bond acceptors (Lipinski definition) is 5. The molecule has 3 rings (SSSR count). The molecule has 0 fully saturated rings. The molecule has 1 heterocycles. The van der Waals surface area contributed by atoms with Crippen LogP contribution in [0.2, 0.25) is 0 Å². The van der Waals surface area contributed by atoms with Crippen molar-refractivity contribution in [1.82, 2.24) is 15.5 Å². The third kappa shape index (κ3) is 6.25. The lowest BCUT2D eigenvalue weighted by atomic mass is 9.93. The zero-order chi connectivity index (χ0) is 24.9. The molecule has 0 unspecified atom stereocenters. The molecule has 10 heteroatoms. The number of urea groups is 1. The van der Waals surface area contributed by atoms with Crippen molar-refractivity contribution in [2.24, 2.45) is 5.73 Å². The summed E-state index contributed by atoms with van der Waals surface area (Å²) in [5.74, 6) is -1.25. The van der Waals surface area contributed by atoms with E-state index in [0.717, 1.165) is 0 Å². The number of ether oxygens (including phenoxy) is 1. The van der Waals surface area contributed by atoms with Gasteiger partial charge in [0.1, 0.15) is 11.4 Å². The first-order chi connectivity index (χ1) is 16.0. The molecular formula is C24H25F2N5O3. The van der Waals surface area contributed by atoms with E-state index in [1.807, 2.05) is 0 Å². The van der Waals surface area contributed by atoms with E-state index in [-0.39, 0.29) is 29.8 Å². The molecule has 178 valence electrons. The minimum Gasteiger partial charge on any atom is -0.444 e. The smallest absolute Gasteiger partial charge is 0.412 e. The Kier molecular flexibility index (Phi) is 7.40. The van der Waals surface area contributed by atoms with Crippen molar-refractivity contribution in [2.45, 2.75) is 39.3 Å². The molecule has 0 bridgehead atoms. The molecule has 8 nitrogen and oxygen atoms in total. The maximum absolute atomic E-state index is 15.8. The summed E-state index contributed by atoms with van der Waals surface area (Å²) in [5.41, 5.74) is 5.84. The van der Waals surface area contributed by atoms with Gasteiger partial charge in [-0.05, 0) is 50.1 Å². The van der Waals surface area contributed by atoms with E-state index in [2.05, 4.69) is 20.8 Å². The molecule has 3 aromatic rings. The van der Waals surface area contributed by atoms with Crippen LogP contribution in [0.25, 0.3) is 11.1 Å². The molecule has 0 radical (unpaired) electrons. The van der Waals surface area contributed by atoms with E-state index in [1.165, 1.54) is 24.4 Å². The first-order valence-corrected chi connectivity index (χ1v) is 10.4. The molecule has 0 atom stereocenters. The average molecular weight is 469 g/mol. The minimum atomic E-state index is -0.826. The number of aromatic nitrogens is 2. The molecular weight excluding hydrogens is 444 g/mol. The lowest BCUT2D eigenvalue weighted by Gasteiger charge is -2.21. The number of anilines is 1. The predicted molar refractivity (Wildman–Crippen MR) is 123 cm³/mol. The fourth-order valence-electron chi connectivity index (χ4n) is 3.30. The fourth-order valence-corrected chi connectivity index (χ4v) is 3.30. The van der Waals surface area contributed by atoms with Gasteiger partial charge in [-0.3, -0.25) is 5.32 Å². The lowest BCUT2D eigenvalue weighted by molar-refractivity contribution is 0.0635. The van der Waals surface area contributed by atoms with Crippen molar-refractivity contribution in [3.05, 3.63) is 77.1 Å². The molecule has 1 aromatic heterocycles. The Balaban J connectivity index is 2.10. The molecule has 0 saturated heterocycles. The number of carbonyl (C=O) groups is 2. The summed E-state index contributed by atoms with van der Waals surface area (Å²) >= 11 is 0. The molecule has 2 aromatic carbocycles. The number of carbonyl (C=O) groups excluding carboxylic acids is 2. The molecule has 34 heavy (non-hydrogen) atoms. The van der Waals surface area contributed by atoms with Gasteiger partial charge in [0.05, 0.1) is 24.1 Å². The number of nitrogens with one attached hydrogen (secondary N) is 2.